The fraction of sp³-hybridized carbons (Fsp3) is 0.692. The predicted molar refractivity (Wildman–Crippen MR) is 73.5 cm³/mol. The Morgan fingerprint density at radius 2 is 2.11 bits per heavy atom. The molecule has 100 valence electrons. The number of carbonyl (C=O) groups is 1. The summed E-state index contributed by atoms with van der Waals surface area (Å²) in [5.74, 6) is -0.944. The van der Waals surface area contributed by atoms with Gasteiger partial charge >= 0.3 is 5.97 Å². The van der Waals surface area contributed by atoms with Gasteiger partial charge < -0.3 is 10.4 Å². The van der Waals surface area contributed by atoms with Gasteiger partial charge in [-0.15, -0.1) is 11.3 Å². The minimum Gasteiger partial charge on any atom is -0.476 e. The molecule has 0 radical (unpaired) electrons. The summed E-state index contributed by atoms with van der Waals surface area (Å²) in [4.78, 5) is 15.8. The maximum atomic E-state index is 10.9. The van der Waals surface area contributed by atoms with Crippen molar-refractivity contribution >= 4 is 22.4 Å². The van der Waals surface area contributed by atoms with Crippen LogP contribution in [0.2, 0.25) is 0 Å². The van der Waals surface area contributed by atoms with Crippen molar-refractivity contribution in [2.24, 2.45) is 5.41 Å². The Hall–Kier alpha value is -1.10. The summed E-state index contributed by atoms with van der Waals surface area (Å²) in [5, 5.41) is 13.0. The highest BCUT2D eigenvalue weighted by Gasteiger charge is 2.27. The summed E-state index contributed by atoms with van der Waals surface area (Å²) >= 11 is 1.43. The molecule has 1 fully saturated rings. The van der Waals surface area contributed by atoms with Crippen LogP contribution in [0.25, 0.3) is 0 Å². The minimum absolute atomic E-state index is 0.177. The van der Waals surface area contributed by atoms with Crippen molar-refractivity contribution in [2.45, 2.75) is 46.0 Å². The molecule has 1 heterocycles. The lowest BCUT2D eigenvalue weighted by atomic mass is 9.76. The molecule has 5 heteroatoms. The second-order valence-corrected chi connectivity index (χ2v) is 6.66. The Morgan fingerprint density at radius 1 is 1.44 bits per heavy atom. The van der Waals surface area contributed by atoms with Crippen LogP contribution in [0.3, 0.4) is 0 Å². The molecule has 0 bridgehead atoms. The van der Waals surface area contributed by atoms with Crippen LogP contribution in [-0.4, -0.2) is 22.6 Å². The fourth-order valence-corrected chi connectivity index (χ4v) is 3.34. The van der Waals surface area contributed by atoms with Crippen molar-refractivity contribution in [2.75, 3.05) is 11.9 Å². The minimum atomic E-state index is -0.944. The van der Waals surface area contributed by atoms with Crippen molar-refractivity contribution in [3.8, 4) is 0 Å². The number of rotatable bonds is 4. The molecule has 0 aromatic carbocycles. The number of aromatic nitrogens is 1. The summed E-state index contributed by atoms with van der Waals surface area (Å²) in [6, 6.07) is 0. The number of anilines is 1. The monoisotopic (exact) mass is 268 g/mol. The van der Waals surface area contributed by atoms with Crippen LogP contribution in [0.4, 0.5) is 5.13 Å². The Morgan fingerprint density at radius 3 is 2.67 bits per heavy atom. The zero-order valence-electron chi connectivity index (χ0n) is 11.0. The van der Waals surface area contributed by atoms with Gasteiger partial charge in [0.1, 0.15) is 0 Å². The van der Waals surface area contributed by atoms with Gasteiger partial charge in [0.25, 0.3) is 0 Å². The van der Waals surface area contributed by atoms with Crippen LogP contribution in [0.1, 0.15) is 54.4 Å². The fourth-order valence-electron chi connectivity index (χ4n) is 2.54. The molecule has 2 N–H and O–H groups in total. The van der Waals surface area contributed by atoms with E-state index in [1.165, 1.54) is 43.4 Å². The number of hydrogen-bond acceptors (Lipinski definition) is 4. The molecular formula is C13H20N2O2S. The maximum absolute atomic E-state index is 10.9. The number of carboxylic acid groups (broad SMARTS) is 1. The van der Waals surface area contributed by atoms with E-state index in [1.807, 2.05) is 0 Å². The molecule has 4 nitrogen and oxygen atoms in total. The number of aryl methyl sites for hydroxylation is 1. The molecule has 2 rings (SSSR count). The molecular weight excluding hydrogens is 248 g/mol. The van der Waals surface area contributed by atoms with Crippen LogP contribution >= 0.6 is 11.3 Å². The standard InChI is InChI=1S/C13H20N2O2S/c1-9-10(11(16)17)15-12(18-9)14-8-13(2)6-4-3-5-7-13/h3-8H2,1-2H3,(H,14,15)(H,16,17). The SMILES string of the molecule is Cc1sc(NCC2(C)CCCCC2)nc1C(=O)O. The molecule has 1 aromatic rings. The Kier molecular flexibility index (Phi) is 3.90. The van der Waals surface area contributed by atoms with E-state index in [4.69, 9.17) is 5.11 Å². The van der Waals surface area contributed by atoms with Crippen LogP contribution in [0.5, 0.6) is 0 Å². The summed E-state index contributed by atoms with van der Waals surface area (Å²) in [6.45, 7) is 4.99. The van der Waals surface area contributed by atoms with E-state index in [1.54, 1.807) is 6.92 Å². The lowest BCUT2D eigenvalue weighted by Gasteiger charge is -2.33. The third kappa shape index (κ3) is 3.02. The first-order valence-electron chi connectivity index (χ1n) is 6.45. The van der Waals surface area contributed by atoms with Crippen LogP contribution < -0.4 is 5.32 Å². The Balaban J connectivity index is 1.97. The van der Waals surface area contributed by atoms with Crippen molar-refractivity contribution in [1.29, 1.82) is 0 Å². The van der Waals surface area contributed by atoms with E-state index in [-0.39, 0.29) is 5.69 Å². The molecule has 0 unspecified atom stereocenters. The van der Waals surface area contributed by atoms with Crippen molar-refractivity contribution in [3.63, 3.8) is 0 Å². The van der Waals surface area contributed by atoms with Gasteiger partial charge in [0, 0.05) is 11.4 Å². The quantitative estimate of drug-likeness (QED) is 0.877. The van der Waals surface area contributed by atoms with E-state index in [9.17, 15) is 4.79 Å². The van der Waals surface area contributed by atoms with E-state index in [0.29, 0.717) is 5.41 Å². The van der Waals surface area contributed by atoms with Crippen LogP contribution in [0, 0.1) is 12.3 Å². The van der Waals surface area contributed by atoms with E-state index in [0.717, 1.165) is 16.6 Å². The summed E-state index contributed by atoms with van der Waals surface area (Å²) in [7, 11) is 0. The molecule has 0 saturated heterocycles. The topological polar surface area (TPSA) is 62.2 Å². The average molecular weight is 268 g/mol. The normalized spacial score (nSPS) is 18.6. The molecule has 0 amide bonds. The smallest absolute Gasteiger partial charge is 0.355 e. The lowest BCUT2D eigenvalue weighted by molar-refractivity contribution is 0.0690. The van der Waals surface area contributed by atoms with Gasteiger partial charge in [-0.25, -0.2) is 9.78 Å². The second-order valence-electron chi connectivity index (χ2n) is 5.45. The van der Waals surface area contributed by atoms with Gasteiger partial charge in [0.2, 0.25) is 0 Å². The summed E-state index contributed by atoms with van der Waals surface area (Å²) < 4.78 is 0. The van der Waals surface area contributed by atoms with Crippen molar-refractivity contribution in [3.05, 3.63) is 10.6 Å². The van der Waals surface area contributed by atoms with Gasteiger partial charge in [0.15, 0.2) is 10.8 Å². The largest absolute Gasteiger partial charge is 0.476 e. The first kappa shape index (κ1) is 13.3. The highest BCUT2D eigenvalue weighted by atomic mass is 32.1. The van der Waals surface area contributed by atoms with E-state index in [2.05, 4.69) is 17.2 Å². The predicted octanol–water partition coefficient (Wildman–Crippen LogP) is 3.53. The number of hydrogen-bond donors (Lipinski definition) is 2. The Bertz CT molecular complexity index is 436. The average Bonchev–Trinajstić information content (AvgIpc) is 2.69. The molecule has 1 saturated carbocycles. The van der Waals surface area contributed by atoms with Crippen LogP contribution in [-0.2, 0) is 0 Å². The van der Waals surface area contributed by atoms with E-state index < -0.39 is 5.97 Å². The molecule has 1 aromatic heterocycles. The number of nitrogens with zero attached hydrogens (tertiary/aromatic N) is 1. The Labute approximate surface area is 111 Å². The van der Waals surface area contributed by atoms with Gasteiger partial charge in [-0.1, -0.05) is 26.2 Å². The van der Waals surface area contributed by atoms with Gasteiger partial charge in [0.05, 0.1) is 0 Å². The molecule has 0 atom stereocenters. The number of carboxylic acids is 1. The molecule has 1 aliphatic rings. The maximum Gasteiger partial charge on any atom is 0.355 e. The van der Waals surface area contributed by atoms with Crippen molar-refractivity contribution in [1.82, 2.24) is 4.98 Å². The number of nitrogens with one attached hydrogen (secondary N) is 1. The molecule has 0 aliphatic heterocycles. The molecule has 1 aliphatic carbocycles. The summed E-state index contributed by atoms with van der Waals surface area (Å²) in [6.07, 6.45) is 6.44. The first-order chi connectivity index (χ1) is 8.50. The molecule has 18 heavy (non-hydrogen) atoms. The third-order valence-corrected chi connectivity index (χ3v) is 4.65. The van der Waals surface area contributed by atoms with E-state index >= 15 is 0 Å². The van der Waals surface area contributed by atoms with Gasteiger partial charge in [-0.2, -0.15) is 0 Å². The van der Waals surface area contributed by atoms with Crippen molar-refractivity contribution < 1.29 is 9.90 Å². The highest BCUT2D eigenvalue weighted by molar-refractivity contribution is 7.15. The van der Waals surface area contributed by atoms with Gasteiger partial charge in [-0.3, -0.25) is 0 Å². The summed E-state index contributed by atoms with van der Waals surface area (Å²) in [5.41, 5.74) is 0.512. The second kappa shape index (κ2) is 5.26. The third-order valence-electron chi connectivity index (χ3n) is 3.73. The number of aromatic carboxylic acids is 1. The van der Waals surface area contributed by atoms with Crippen LogP contribution in [0.15, 0.2) is 0 Å². The molecule has 0 spiro atoms. The zero-order valence-corrected chi connectivity index (χ0v) is 11.8. The lowest BCUT2D eigenvalue weighted by Crippen LogP contribution is -2.28. The zero-order chi connectivity index (χ0) is 13.2. The highest BCUT2D eigenvalue weighted by Crippen LogP contribution is 2.36. The number of thiazole rings is 1. The first-order valence-corrected chi connectivity index (χ1v) is 7.26. The van der Waals surface area contributed by atoms with Gasteiger partial charge in [-0.05, 0) is 25.2 Å².